The van der Waals surface area contributed by atoms with E-state index in [1.807, 2.05) is 0 Å². The monoisotopic (exact) mass is 476 g/mol. The highest BCUT2D eigenvalue weighted by Gasteiger charge is 2.33. The number of carbonyl (C=O) groups excluding carboxylic acids is 1. The minimum absolute atomic E-state index is 0.0414. The van der Waals surface area contributed by atoms with E-state index < -0.39 is 23.8 Å². The van der Waals surface area contributed by atoms with Crippen LogP contribution in [0.3, 0.4) is 0 Å². The average Bonchev–Trinajstić information content (AvgIpc) is 3.23. The molecule has 0 atom stereocenters. The Hall–Kier alpha value is -4.13. The van der Waals surface area contributed by atoms with Crippen LogP contribution in [0.4, 0.5) is 34.2 Å². The average molecular weight is 476 g/mol. The molecular formula is C20H12F4N6O2S. The highest BCUT2D eigenvalue weighted by atomic mass is 32.1. The van der Waals surface area contributed by atoms with Crippen LogP contribution < -0.4 is 15.4 Å². The van der Waals surface area contributed by atoms with Gasteiger partial charge in [-0.2, -0.15) is 9.36 Å². The van der Waals surface area contributed by atoms with Gasteiger partial charge in [-0.25, -0.2) is 14.4 Å². The van der Waals surface area contributed by atoms with Crippen LogP contribution in [-0.2, 0) is 0 Å². The van der Waals surface area contributed by atoms with E-state index in [-0.39, 0.29) is 16.5 Å². The lowest BCUT2D eigenvalue weighted by Crippen LogP contribution is -2.18. The molecule has 0 bridgehead atoms. The summed E-state index contributed by atoms with van der Waals surface area (Å²) < 4.78 is 59.3. The van der Waals surface area contributed by atoms with E-state index in [2.05, 4.69) is 34.7 Å². The number of halogens is 4. The zero-order valence-electron chi connectivity index (χ0n) is 16.3. The first-order valence-electron chi connectivity index (χ1n) is 9.11. The van der Waals surface area contributed by atoms with Crippen molar-refractivity contribution in [3.63, 3.8) is 0 Å². The molecule has 0 saturated heterocycles. The van der Waals surface area contributed by atoms with E-state index in [4.69, 9.17) is 0 Å². The van der Waals surface area contributed by atoms with E-state index >= 15 is 0 Å². The van der Waals surface area contributed by atoms with Gasteiger partial charge in [-0.1, -0.05) is 6.07 Å². The lowest BCUT2D eigenvalue weighted by atomic mass is 10.2. The molecule has 0 radical (unpaired) electrons. The Balaban J connectivity index is 1.45. The molecule has 13 heteroatoms. The van der Waals surface area contributed by atoms with Crippen LogP contribution in [-0.4, -0.2) is 31.6 Å². The molecule has 2 N–H and O–H groups in total. The van der Waals surface area contributed by atoms with Crippen LogP contribution in [0.15, 0.2) is 61.1 Å². The van der Waals surface area contributed by atoms with Crippen molar-refractivity contribution in [3.05, 3.63) is 72.4 Å². The molecule has 8 nitrogen and oxygen atoms in total. The van der Waals surface area contributed by atoms with Gasteiger partial charge in [0.2, 0.25) is 5.13 Å². The third-order valence-electron chi connectivity index (χ3n) is 4.08. The van der Waals surface area contributed by atoms with E-state index in [1.165, 1.54) is 18.5 Å². The number of alkyl halides is 3. The van der Waals surface area contributed by atoms with Gasteiger partial charge in [0.15, 0.2) is 17.4 Å². The molecular weight excluding hydrogens is 464 g/mol. The highest BCUT2D eigenvalue weighted by molar-refractivity contribution is 7.10. The first kappa shape index (κ1) is 22.1. The second-order valence-corrected chi connectivity index (χ2v) is 7.09. The normalized spacial score (nSPS) is 11.2. The van der Waals surface area contributed by atoms with Crippen molar-refractivity contribution in [1.82, 2.24) is 19.3 Å². The van der Waals surface area contributed by atoms with Crippen molar-refractivity contribution in [1.29, 1.82) is 0 Å². The second-order valence-electron chi connectivity index (χ2n) is 6.34. The van der Waals surface area contributed by atoms with Gasteiger partial charge in [0.05, 0.1) is 5.56 Å². The van der Waals surface area contributed by atoms with E-state index in [0.717, 1.165) is 17.6 Å². The minimum atomic E-state index is -5.05. The van der Waals surface area contributed by atoms with Crippen LogP contribution >= 0.6 is 11.5 Å². The first-order chi connectivity index (χ1) is 15.8. The van der Waals surface area contributed by atoms with Crippen molar-refractivity contribution in [2.45, 2.75) is 6.36 Å². The maximum atomic E-state index is 14.4. The molecule has 0 unspecified atom stereocenters. The summed E-state index contributed by atoms with van der Waals surface area (Å²) in [7, 11) is 0. The number of anilines is 3. The Morgan fingerprint density at radius 3 is 2.55 bits per heavy atom. The fraction of sp³-hybridized carbons (Fsp3) is 0.0500. The number of nitrogens with one attached hydrogen (secondary N) is 2. The SMILES string of the molecule is O=C(Nc1nc(-c2cccc(OC(F)(F)F)c2F)ns1)c1ccc(Nc2ccncn2)cc1. The molecule has 0 aliphatic rings. The Labute approximate surface area is 187 Å². The number of amides is 1. The number of benzene rings is 2. The van der Waals surface area contributed by atoms with Gasteiger partial charge >= 0.3 is 6.36 Å². The smallest absolute Gasteiger partial charge is 0.403 e. The first-order valence-corrected chi connectivity index (χ1v) is 9.88. The predicted molar refractivity (Wildman–Crippen MR) is 112 cm³/mol. The van der Waals surface area contributed by atoms with Gasteiger partial charge in [0, 0.05) is 29.0 Å². The number of aromatic nitrogens is 4. The highest BCUT2D eigenvalue weighted by Crippen LogP contribution is 2.32. The molecule has 2 aromatic heterocycles. The number of ether oxygens (including phenoxy) is 1. The number of nitrogens with zero attached hydrogens (tertiary/aromatic N) is 4. The molecule has 4 rings (SSSR count). The van der Waals surface area contributed by atoms with Crippen molar-refractivity contribution in [2.24, 2.45) is 0 Å². The Morgan fingerprint density at radius 2 is 1.85 bits per heavy atom. The third-order valence-corrected chi connectivity index (χ3v) is 4.71. The molecule has 0 aliphatic heterocycles. The number of hydrogen-bond donors (Lipinski definition) is 2. The Kier molecular flexibility index (Phi) is 6.13. The largest absolute Gasteiger partial charge is 0.573 e. The molecule has 0 saturated carbocycles. The van der Waals surface area contributed by atoms with Crippen LogP contribution in [0.2, 0.25) is 0 Å². The standard InChI is InChI=1S/C20H12F4N6O2S/c21-16-13(2-1-3-14(16)32-20(22,23)24)17-28-19(33-30-17)29-18(31)11-4-6-12(7-5-11)27-15-8-9-25-10-26-15/h1-10H,(H,25,26,27)(H,28,29,30,31). The molecule has 2 aromatic carbocycles. The third kappa shape index (κ3) is 5.57. The summed E-state index contributed by atoms with van der Waals surface area (Å²) in [6.07, 6.45) is -2.07. The van der Waals surface area contributed by atoms with Gasteiger partial charge in [0.1, 0.15) is 12.1 Å². The van der Waals surface area contributed by atoms with Crippen molar-refractivity contribution >= 4 is 34.1 Å². The summed E-state index contributed by atoms with van der Waals surface area (Å²) in [5.74, 6) is -2.38. The summed E-state index contributed by atoms with van der Waals surface area (Å²) in [5, 5.41) is 5.61. The summed E-state index contributed by atoms with van der Waals surface area (Å²) in [5.41, 5.74) is 0.709. The molecule has 4 aromatic rings. The van der Waals surface area contributed by atoms with Crippen LogP contribution in [0.1, 0.15) is 10.4 Å². The van der Waals surface area contributed by atoms with Crippen molar-refractivity contribution < 1.29 is 27.1 Å². The zero-order valence-corrected chi connectivity index (χ0v) is 17.1. The quantitative estimate of drug-likeness (QED) is 0.377. The Bertz CT molecular complexity index is 1270. The molecule has 2 heterocycles. The second kappa shape index (κ2) is 9.16. The predicted octanol–water partition coefficient (Wildman–Crippen LogP) is 5.03. The minimum Gasteiger partial charge on any atom is -0.403 e. The summed E-state index contributed by atoms with van der Waals surface area (Å²) >= 11 is 0.751. The molecule has 0 aliphatic carbocycles. The molecule has 0 spiro atoms. The molecule has 1 amide bonds. The molecule has 0 fully saturated rings. The fourth-order valence-electron chi connectivity index (χ4n) is 2.66. The summed E-state index contributed by atoms with van der Waals surface area (Å²) in [4.78, 5) is 24.3. The Morgan fingerprint density at radius 1 is 1.06 bits per heavy atom. The van der Waals surface area contributed by atoms with Gasteiger partial charge in [-0.05, 0) is 42.5 Å². The van der Waals surface area contributed by atoms with Crippen LogP contribution in [0, 0.1) is 5.82 Å². The van der Waals surface area contributed by atoms with Crippen LogP contribution in [0.25, 0.3) is 11.4 Å². The maximum absolute atomic E-state index is 14.4. The number of rotatable bonds is 6. The lowest BCUT2D eigenvalue weighted by molar-refractivity contribution is -0.275. The maximum Gasteiger partial charge on any atom is 0.573 e. The number of hydrogen-bond acceptors (Lipinski definition) is 8. The van der Waals surface area contributed by atoms with E-state index in [1.54, 1.807) is 36.5 Å². The van der Waals surface area contributed by atoms with Gasteiger partial charge in [-0.3, -0.25) is 10.1 Å². The van der Waals surface area contributed by atoms with E-state index in [9.17, 15) is 22.4 Å². The lowest BCUT2D eigenvalue weighted by Gasteiger charge is -2.10. The van der Waals surface area contributed by atoms with E-state index in [0.29, 0.717) is 17.1 Å². The van der Waals surface area contributed by atoms with Gasteiger partial charge in [0.25, 0.3) is 5.91 Å². The summed E-state index contributed by atoms with van der Waals surface area (Å²) in [6, 6.07) is 11.4. The molecule has 33 heavy (non-hydrogen) atoms. The topological polar surface area (TPSA) is 102 Å². The van der Waals surface area contributed by atoms with Crippen LogP contribution in [0.5, 0.6) is 5.75 Å². The van der Waals surface area contributed by atoms with Gasteiger partial charge in [-0.15, -0.1) is 13.2 Å². The number of carbonyl (C=O) groups is 1. The molecule has 168 valence electrons. The zero-order chi connectivity index (χ0) is 23.4. The summed E-state index contributed by atoms with van der Waals surface area (Å²) in [6.45, 7) is 0. The van der Waals surface area contributed by atoms with Crippen molar-refractivity contribution in [3.8, 4) is 17.1 Å². The van der Waals surface area contributed by atoms with Gasteiger partial charge < -0.3 is 10.1 Å². The fourth-order valence-corrected chi connectivity index (χ4v) is 3.24. The van der Waals surface area contributed by atoms with Crippen molar-refractivity contribution in [2.75, 3.05) is 10.6 Å².